The number of nitrogens with zero attached hydrogens (tertiary/aromatic N) is 5. The number of hydrogen-bond donors (Lipinski definition) is 1. The Morgan fingerprint density at radius 2 is 2.14 bits per heavy atom. The number of anilines is 1. The lowest BCUT2D eigenvalue weighted by molar-refractivity contribution is -0.138. The van der Waals surface area contributed by atoms with E-state index in [1.165, 1.54) is 0 Å². The molecule has 1 saturated heterocycles. The summed E-state index contributed by atoms with van der Waals surface area (Å²) in [6, 6.07) is 4.11. The first-order valence-electron chi connectivity index (χ1n) is 7.13. The van der Waals surface area contributed by atoms with Gasteiger partial charge in [0.25, 0.3) is 0 Å². The highest BCUT2D eigenvalue weighted by Crippen LogP contribution is 2.19. The molecular weight excluding hydrogens is 270 g/mol. The summed E-state index contributed by atoms with van der Waals surface area (Å²) in [7, 11) is 0. The monoisotopic (exact) mass is 289 g/mol. The third-order valence-electron chi connectivity index (χ3n) is 3.78. The standard InChI is InChI=1S/C14H19N5O2/c1-11-7-12-15-10-16-19(12)13(8-11)18-4-2-3-17(5-6-18)9-14(20)21/h7-8,10H,2-6,9H2,1H3,(H,20,21). The highest BCUT2D eigenvalue weighted by atomic mass is 16.4. The number of aliphatic carboxylic acids is 1. The summed E-state index contributed by atoms with van der Waals surface area (Å²) in [5, 5.41) is 13.2. The van der Waals surface area contributed by atoms with Gasteiger partial charge in [0.2, 0.25) is 0 Å². The Morgan fingerprint density at radius 3 is 2.95 bits per heavy atom. The van der Waals surface area contributed by atoms with Crippen molar-refractivity contribution in [3.63, 3.8) is 0 Å². The van der Waals surface area contributed by atoms with E-state index in [1.807, 2.05) is 22.4 Å². The minimum absolute atomic E-state index is 0.112. The number of pyridine rings is 1. The molecule has 0 spiro atoms. The number of carboxylic acid groups (broad SMARTS) is 1. The van der Waals surface area contributed by atoms with Crippen LogP contribution in [-0.2, 0) is 4.79 Å². The van der Waals surface area contributed by atoms with Crippen molar-refractivity contribution in [3.8, 4) is 0 Å². The molecule has 3 heterocycles. The van der Waals surface area contributed by atoms with Gasteiger partial charge < -0.3 is 10.0 Å². The van der Waals surface area contributed by atoms with Crippen molar-refractivity contribution in [1.82, 2.24) is 19.5 Å². The van der Waals surface area contributed by atoms with Crippen LogP contribution >= 0.6 is 0 Å². The molecule has 0 aromatic carbocycles. The van der Waals surface area contributed by atoms with E-state index in [9.17, 15) is 4.79 Å². The maximum absolute atomic E-state index is 10.8. The number of carbonyl (C=O) groups is 1. The zero-order valence-electron chi connectivity index (χ0n) is 12.1. The number of aromatic nitrogens is 3. The molecule has 7 nitrogen and oxygen atoms in total. The molecule has 2 aromatic heterocycles. The Hall–Kier alpha value is -2.15. The van der Waals surface area contributed by atoms with E-state index in [2.05, 4.69) is 21.0 Å². The molecule has 3 rings (SSSR count). The molecule has 0 unspecified atom stereocenters. The maximum Gasteiger partial charge on any atom is 0.317 e. The first-order valence-corrected chi connectivity index (χ1v) is 7.13. The van der Waals surface area contributed by atoms with Gasteiger partial charge in [-0.2, -0.15) is 9.61 Å². The number of rotatable bonds is 3. The van der Waals surface area contributed by atoms with Crippen molar-refractivity contribution in [2.45, 2.75) is 13.3 Å². The molecule has 21 heavy (non-hydrogen) atoms. The third kappa shape index (κ3) is 2.97. The fraction of sp³-hybridized carbons (Fsp3) is 0.500. The number of fused-ring (bicyclic) bond motifs is 1. The summed E-state index contributed by atoms with van der Waals surface area (Å²) in [6.07, 6.45) is 2.50. The first kappa shape index (κ1) is 13.8. The molecule has 1 fully saturated rings. The van der Waals surface area contributed by atoms with E-state index in [1.54, 1.807) is 6.33 Å². The van der Waals surface area contributed by atoms with Crippen LogP contribution in [-0.4, -0.2) is 63.3 Å². The average Bonchev–Trinajstić information content (AvgIpc) is 2.77. The topological polar surface area (TPSA) is 74.0 Å². The van der Waals surface area contributed by atoms with Gasteiger partial charge in [0, 0.05) is 26.2 Å². The molecular formula is C14H19N5O2. The predicted octanol–water partition coefficient (Wildman–Crippen LogP) is 0.634. The molecule has 0 saturated carbocycles. The van der Waals surface area contributed by atoms with Crippen molar-refractivity contribution in [2.24, 2.45) is 0 Å². The second-order valence-electron chi connectivity index (χ2n) is 5.43. The Kier molecular flexibility index (Phi) is 3.74. The van der Waals surface area contributed by atoms with Crippen LogP contribution in [0.4, 0.5) is 5.82 Å². The van der Waals surface area contributed by atoms with Crippen LogP contribution in [0.3, 0.4) is 0 Å². The molecule has 2 aromatic rings. The van der Waals surface area contributed by atoms with E-state index in [0.717, 1.165) is 49.6 Å². The summed E-state index contributed by atoms with van der Waals surface area (Å²) < 4.78 is 1.85. The van der Waals surface area contributed by atoms with Gasteiger partial charge in [-0.3, -0.25) is 9.69 Å². The molecule has 112 valence electrons. The summed E-state index contributed by atoms with van der Waals surface area (Å²) >= 11 is 0. The normalized spacial score (nSPS) is 17.1. The number of aryl methyl sites for hydroxylation is 1. The second-order valence-corrected chi connectivity index (χ2v) is 5.43. The fourth-order valence-electron chi connectivity index (χ4n) is 2.81. The van der Waals surface area contributed by atoms with Crippen molar-refractivity contribution in [2.75, 3.05) is 37.6 Å². The average molecular weight is 289 g/mol. The zero-order chi connectivity index (χ0) is 14.8. The Bertz CT molecular complexity index is 654. The molecule has 1 aliphatic rings. The Morgan fingerprint density at radius 1 is 1.29 bits per heavy atom. The SMILES string of the molecule is Cc1cc(N2CCCN(CC(=O)O)CC2)n2ncnc2c1. The predicted molar refractivity (Wildman–Crippen MR) is 78.6 cm³/mol. The van der Waals surface area contributed by atoms with Gasteiger partial charge >= 0.3 is 5.97 Å². The van der Waals surface area contributed by atoms with Gasteiger partial charge in [-0.05, 0) is 31.0 Å². The van der Waals surface area contributed by atoms with E-state index >= 15 is 0 Å². The molecule has 0 bridgehead atoms. The van der Waals surface area contributed by atoms with Crippen LogP contribution in [0.5, 0.6) is 0 Å². The number of hydrogen-bond acceptors (Lipinski definition) is 5. The summed E-state index contributed by atoms with van der Waals surface area (Å²) in [4.78, 5) is 19.3. The highest BCUT2D eigenvalue weighted by Gasteiger charge is 2.19. The number of carboxylic acids is 1. The van der Waals surface area contributed by atoms with Crippen molar-refractivity contribution < 1.29 is 9.90 Å². The van der Waals surface area contributed by atoms with Gasteiger partial charge in [-0.25, -0.2) is 4.98 Å². The Balaban J connectivity index is 1.82. The van der Waals surface area contributed by atoms with Crippen molar-refractivity contribution in [3.05, 3.63) is 24.0 Å². The van der Waals surface area contributed by atoms with Crippen LogP contribution in [0, 0.1) is 6.92 Å². The van der Waals surface area contributed by atoms with Crippen LogP contribution in [0.1, 0.15) is 12.0 Å². The zero-order valence-corrected chi connectivity index (χ0v) is 12.1. The summed E-state index contributed by atoms with van der Waals surface area (Å²) in [5.74, 6) is 0.261. The van der Waals surface area contributed by atoms with E-state index in [-0.39, 0.29) is 6.54 Å². The van der Waals surface area contributed by atoms with Gasteiger partial charge in [-0.1, -0.05) is 0 Å². The third-order valence-corrected chi connectivity index (χ3v) is 3.78. The molecule has 0 atom stereocenters. The molecule has 0 radical (unpaired) electrons. The minimum atomic E-state index is -0.766. The molecule has 0 aliphatic carbocycles. The lowest BCUT2D eigenvalue weighted by Gasteiger charge is -2.23. The summed E-state index contributed by atoms with van der Waals surface area (Å²) in [5.41, 5.74) is 1.99. The van der Waals surface area contributed by atoms with Crippen LogP contribution in [0.2, 0.25) is 0 Å². The maximum atomic E-state index is 10.8. The summed E-state index contributed by atoms with van der Waals surface area (Å²) in [6.45, 7) is 5.42. The quantitative estimate of drug-likeness (QED) is 0.893. The second kappa shape index (κ2) is 5.69. The van der Waals surface area contributed by atoms with E-state index < -0.39 is 5.97 Å². The van der Waals surface area contributed by atoms with E-state index in [0.29, 0.717) is 0 Å². The molecule has 0 amide bonds. The van der Waals surface area contributed by atoms with Crippen LogP contribution in [0.15, 0.2) is 18.5 Å². The first-order chi connectivity index (χ1) is 10.1. The van der Waals surface area contributed by atoms with Crippen LogP contribution < -0.4 is 4.90 Å². The Labute approximate surface area is 122 Å². The van der Waals surface area contributed by atoms with Crippen molar-refractivity contribution in [1.29, 1.82) is 0 Å². The highest BCUT2D eigenvalue weighted by molar-refractivity contribution is 5.69. The van der Waals surface area contributed by atoms with E-state index in [4.69, 9.17) is 5.11 Å². The largest absolute Gasteiger partial charge is 0.480 e. The van der Waals surface area contributed by atoms with Gasteiger partial charge in [0.05, 0.1) is 6.54 Å². The molecule has 1 N–H and O–H groups in total. The smallest absolute Gasteiger partial charge is 0.317 e. The van der Waals surface area contributed by atoms with Gasteiger partial charge in [-0.15, -0.1) is 0 Å². The lowest BCUT2D eigenvalue weighted by atomic mass is 10.2. The molecule has 1 aliphatic heterocycles. The van der Waals surface area contributed by atoms with Gasteiger partial charge in [0.15, 0.2) is 5.65 Å². The lowest BCUT2D eigenvalue weighted by Crippen LogP contribution is -2.34. The van der Waals surface area contributed by atoms with Crippen molar-refractivity contribution >= 4 is 17.4 Å². The molecule has 7 heteroatoms. The minimum Gasteiger partial charge on any atom is -0.480 e. The van der Waals surface area contributed by atoms with Gasteiger partial charge in [0.1, 0.15) is 12.1 Å². The fourth-order valence-corrected chi connectivity index (χ4v) is 2.81. The van der Waals surface area contributed by atoms with Crippen LogP contribution in [0.25, 0.3) is 5.65 Å².